The molecule has 2 aromatic heterocycles. The number of rotatable bonds is 8. The molecular formula is C30H43N4O7P. The van der Waals surface area contributed by atoms with Gasteiger partial charge in [-0.3, -0.25) is 18.1 Å². The number of phosphoric acid groups is 1. The summed E-state index contributed by atoms with van der Waals surface area (Å²) in [7, 11) is -3.97. The lowest BCUT2D eigenvalue weighted by Crippen LogP contribution is -2.33. The molecule has 2 aliphatic heterocycles. The van der Waals surface area contributed by atoms with E-state index in [2.05, 4.69) is 35.9 Å². The molecule has 4 heterocycles. The standard InChI is InChI=1S/C30H43N4O7P/c1-18(2)19-12-11-13-20(14-19)22-23-26(32-16-31-22)34(17-33-23)27-25-24(38-30(9,10)39-25)21(37-27)15-36-42(35,40-28(3,4)5)41-29(6,7)8/h11-14,16-18,21,24-25,27H,15H2,1-10H3/t21-,24-,25-,27-/m1/s1. The molecule has 0 radical (unpaired) electrons. The van der Waals surface area contributed by atoms with E-state index in [1.807, 2.05) is 30.5 Å². The van der Waals surface area contributed by atoms with Crippen LogP contribution in [0.15, 0.2) is 36.9 Å². The first-order valence-corrected chi connectivity index (χ1v) is 15.8. The van der Waals surface area contributed by atoms with Gasteiger partial charge in [0.1, 0.15) is 35.8 Å². The molecule has 2 saturated heterocycles. The van der Waals surface area contributed by atoms with E-state index in [-0.39, 0.29) is 6.61 Å². The molecule has 2 aliphatic rings. The molecule has 2 fully saturated rings. The molecule has 11 nitrogen and oxygen atoms in total. The number of nitrogens with zero attached hydrogens (tertiary/aromatic N) is 4. The highest BCUT2D eigenvalue weighted by Gasteiger charge is 2.57. The molecule has 0 spiro atoms. The van der Waals surface area contributed by atoms with Crippen molar-refractivity contribution in [3.05, 3.63) is 42.5 Å². The van der Waals surface area contributed by atoms with Crippen molar-refractivity contribution in [3.63, 3.8) is 0 Å². The van der Waals surface area contributed by atoms with Gasteiger partial charge in [-0.05, 0) is 72.9 Å². The monoisotopic (exact) mass is 602 g/mol. The van der Waals surface area contributed by atoms with E-state index in [1.54, 1.807) is 47.9 Å². The highest BCUT2D eigenvalue weighted by Crippen LogP contribution is 2.56. The van der Waals surface area contributed by atoms with E-state index in [4.69, 9.17) is 32.8 Å². The van der Waals surface area contributed by atoms with Crippen molar-refractivity contribution in [2.75, 3.05) is 6.61 Å². The number of imidazole rings is 1. The first kappa shape index (κ1) is 31.2. The Morgan fingerprint density at radius 2 is 1.67 bits per heavy atom. The lowest BCUT2D eigenvalue weighted by molar-refractivity contribution is -0.199. The molecule has 0 unspecified atom stereocenters. The van der Waals surface area contributed by atoms with Crippen molar-refractivity contribution >= 4 is 19.0 Å². The molecule has 5 rings (SSSR count). The Labute approximate surface area is 247 Å². The lowest BCUT2D eigenvalue weighted by atomic mass is 9.99. The Hall–Kier alpha value is -2.24. The zero-order valence-corrected chi connectivity index (χ0v) is 27.0. The van der Waals surface area contributed by atoms with Crippen LogP contribution in [0.3, 0.4) is 0 Å². The van der Waals surface area contributed by atoms with Gasteiger partial charge in [0.25, 0.3) is 0 Å². The van der Waals surface area contributed by atoms with Gasteiger partial charge in [0.2, 0.25) is 0 Å². The molecule has 12 heteroatoms. The number of phosphoric ester groups is 1. The van der Waals surface area contributed by atoms with Crippen molar-refractivity contribution in [3.8, 4) is 11.3 Å². The maximum atomic E-state index is 13.7. The van der Waals surface area contributed by atoms with Gasteiger partial charge in [-0.25, -0.2) is 19.5 Å². The van der Waals surface area contributed by atoms with Gasteiger partial charge in [-0.1, -0.05) is 32.0 Å². The van der Waals surface area contributed by atoms with Crippen LogP contribution in [0.5, 0.6) is 0 Å². The minimum atomic E-state index is -3.97. The second-order valence-electron chi connectivity index (χ2n) is 13.6. The van der Waals surface area contributed by atoms with Crippen molar-refractivity contribution in [1.29, 1.82) is 0 Å². The van der Waals surface area contributed by atoms with Crippen LogP contribution < -0.4 is 0 Å². The zero-order valence-electron chi connectivity index (χ0n) is 26.2. The second-order valence-corrected chi connectivity index (χ2v) is 15.1. The number of aromatic nitrogens is 4. The summed E-state index contributed by atoms with van der Waals surface area (Å²) in [6.07, 6.45) is 0.940. The Morgan fingerprint density at radius 1 is 1.00 bits per heavy atom. The van der Waals surface area contributed by atoms with Crippen LogP contribution in [0.2, 0.25) is 0 Å². The largest absolute Gasteiger partial charge is 0.475 e. The van der Waals surface area contributed by atoms with Crippen molar-refractivity contribution in [2.45, 2.75) is 117 Å². The summed E-state index contributed by atoms with van der Waals surface area (Å²) in [6.45, 7) is 18.7. The van der Waals surface area contributed by atoms with Crippen molar-refractivity contribution in [2.24, 2.45) is 0 Å². The fourth-order valence-electron chi connectivity index (χ4n) is 5.22. The van der Waals surface area contributed by atoms with E-state index in [0.29, 0.717) is 17.1 Å². The molecule has 4 atom stereocenters. The van der Waals surface area contributed by atoms with Crippen LogP contribution in [0, 0.1) is 0 Å². The fourth-order valence-corrected chi connectivity index (χ4v) is 7.03. The third kappa shape index (κ3) is 6.78. The first-order chi connectivity index (χ1) is 19.4. The van der Waals surface area contributed by atoms with Crippen LogP contribution >= 0.6 is 7.82 Å². The predicted octanol–water partition coefficient (Wildman–Crippen LogP) is 6.79. The maximum absolute atomic E-state index is 13.7. The van der Waals surface area contributed by atoms with Crippen LogP contribution in [-0.2, 0) is 32.3 Å². The first-order valence-electron chi connectivity index (χ1n) is 14.4. The van der Waals surface area contributed by atoms with Crippen LogP contribution in [0.25, 0.3) is 22.4 Å². The van der Waals surface area contributed by atoms with Gasteiger partial charge in [-0.2, -0.15) is 0 Å². The summed E-state index contributed by atoms with van der Waals surface area (Å²) in [5.74, 6) is -0.486. The van der Waals surface area contributed by atoms with Gasteiger partial charge in [0.15, 0.2) is 17.7 Å². The predicted molar refractivity (Wildman–Crippen MR) is 158 cm³/mol. The van der Waals surface area contributed by atoms with Crippen molar-refractivity contribution < 1.29 is 32.3 Å². The number of ether oxygens (including phenoxy) is 3. The summed E-state index contributed by atoms with van der Waals surface area (Å²) in [5, 5.41) is 0. The SMILES string of the molecule is CC(C)c1cccc(-c2ncnc3c2ncn3[C@@H]2O[C@H](COP(=O)(OC(C)(C)C)OC(C)(C)C)[C@H]3OC(C)(C)O[C@H]32)c1. The fraction of sp³-hybridized carbons (Fsp3) is 0.633. The highest BCUT2D eigenvalue weighted by atomic mass is 31.2. The lowest BCUT2D eigenvalue weighted by Gasteiger charge is -2.32. The average Bonchev–Trinajstić information content (AvgIpc) is 3.51. The summed E-state index contributed by atoms with van der Waals surface area (Å²) < 4.78 is 52.1. The third-order valence-corrected chi connectivity index (χ3v) is 8.76. The van der Waals surface area contributed by atoms with E-state index in [1.165, 1.54) is 11.9 Å². The molecular weight excluding hydrogens is 559 g/mol. The summed E-state index contributed by atoms with van der Waals surface area (Å²) in [6, 6.07) is 8.30. The summed E-state index contributed by atoms with van der Waals surface area (Å²) >= 11 is 0. The minimum Gasteiger partial charge on any atom is -0.347 e. The van der Waals surface area contributed by atoms with Gasteiger partial charge in [0, 0.05) is 5.56 Å². The van der Waals surface area contributed by atoms with Gasteiger partial charge in [0.05, 0.1) is 24.1 Å². The number of benzene rings is 1. The molecule has 3 aromatic rings. The van der Waals surface area contributed by atoms with Crippen LogP contribution in [0.4, 0.5) is 0 Å². The summed E-state index contributed by atoms with van der Waals surface area (Å²) in [5.41, 5.74) is 2.64. The highest BCUT2D eigenvalue weighted by molar-refractivity contribution is 7.48. The molecule has 0 bridgehead atoms. The van der Waals surface area contributed by atoms with E-state index < -0.39 is 49.4 Å². The smallest absolute Gasteiger partial charge is 0.347 e. The number of hydrogen-bond donors (Lipinski definition) is 0. The van der Waals surface area contributed by atoms with Gasteiger partial charge in [-0.15, -0.1) is 0 Å². The molecule has 42 heavy (non-hydrogen) atoms. The van der Waals surface area contributed by atoms with Gasteiger partial charge < -0.3 is 14.2 Å². The van der Waals surface area contributed by atoms with Gasteiger partial charge >= 0.3 is 7.82 Å². The molecule has 230 valence electrons. The quantitative estimate of drug-likeness (QED) is 0.255. The Kier molecular flexibility index (Phi) is 8.20. The van der Waals surface area contributed by atoms with Crippen molar-refractivity contribution in [1.82, 2.24) is 19.5 Å². The Balaban J connectivity index is 1.45. The molecule has 1 aromatic carbocycles. The molecule has 0 amide bonds. The average molecular weight is 603 g/mol. The van der Waals surface area contributed by atoms with Crippen LogP contribution in [-0.4, -0.2) is 61.4 Å². The molecule has 0 N–H and O–H groups in total. The Bertz CT molecular complexity index is 1460. The number of fused-ring (bicyclic) bond motifs is 2. The Morgan fingerprint density at radius 3 is 2.31 bits per heavy atom. The molecule has 0 aliphatic carbocycles. The third-order valence-electron chi connectivity index (χ3n) is 6.75. The van der Waals surface area contributed by atoms with E-state index in [0.717, 1.165) is 11.3 Å². The van der Waals surface area contributed by atoms with Crippen LogP contribution in [0.1, 0.15) is 86.9 Å². The maximum Gasteiger partial charge on any atom is 0.475 e. The zero-order chi connectivity index (χ0) is 30.7. The molecule has 0 saturated carbocycles. The minimum absolute atomic E-state index is 0.102. The van der Waals surface area contributed by atoms with E-state index in [9.17, 15) is 4.57 Å². The second kappa shape index (κ2) is 11.0. The number of hydrogen-bond acceptors (Lipinski definition) is 10. The summed E-state index contributed by atoms with van der Waals surface area (Å²) in [4.78, 5) is 13.8. The van der Waals surface area contributed by atoms with E-state index >= 15 is 0 Å². The topological polar surface area (TPSA) is 116 Å². The normalized spacial score (nSPS) is 24.5.